The van der Waals surface area contributed by atoms with Crippen LogP contribution in [0.5, 0.6) is 0 Å². The lowest BCUT2D eigenvalue weighted by Crippen LogP contribution is -2.17. The maximum absolute atomic E-state index is 12.1. The van der Waals surface area contributed by atoms with Gasteiger partial charge in [0.1, 0.15) is 0 Å². The molecule has 0 bridgehead atoms. The van der Waals surface area contributed by atoms with E-state index in [4.69, 9.17) is 11.6 Å². The molecule has 0 spiro atoms. The third-order valence-electron chi connectivity index (χ3n) is 3.08. The van der Waals surface area contributed by atoms with Crippen molar-refractivity contribution in [1.29, 1.82) is 0 Å². The van der Waals surface area contributed by atoms with Crippen molar-refractivity contribution in [3.63, 3.8) is 0 Å². The van der Waals surface area contributed by atoms with E-state index in [9.17, 15) is 4.79 Å². The van der Waals surface area contributed by atoms with Crippen molar-refractivity contribution < 1.29 is 4.79 Å². The summed E-state index contributed by atoms with van der Waals surface area (Å²) in [5.41, 5.74) is 4.87. The molecule has 2 N–H and O–H groups in total. The molecule has 4 nitrogen and oxygen atoms in total. The number of hydrazone groups is 1. The van der Waals surface area contributed by atoms with Gasteiger partial charge in [0.2, 0.25) is 0 Å². The van der Waals surface area contributed by atoms with Crippen LogP contribution in [0.1, 0.15) is 15.9 Å². The van der Waals surface area contributed by atoms with Crippen molar-refractivity contribution in [3.05, 3.63) is 70.9 Å². The SMILES string of the molecule is O=C(NN=Cc1ccc(Cl)cc1)c1c[nH]c2ccccc12. The standard InChI is InChI=1S/C16H12ClN3O/c17-12-7-5-11(6-8-12)9-19-20-16(21)14-10-18-15-4-2-1-3-13(14)15/h1-10,18H,(H,20,21). The number of rotatable bonds is 3. The molecule has 0 aliphatic heterocycles. The lowest BCUT2D eigenvalue weighted by Gasteiger charge is -1.98. The van der Waals surface area contributed by atoms with Gasteiger partial charge in [-0.2, -0.15) is 5.10 Å². The van der Waals surface area contributed by atoms with Gasteiger partial charge in [0.25, 0.3) is 5.91 Å². The number of nitrogens with one attached hydrogen (secondary N) is 2. The van der Waals surface area contributed by atoms with Gasteiger partial charge in [-0.1, -0.05) is 41.9 Å². The second-order valence-electron chi connectivity index (χ2n) is 4.50. The lowest BCUT2D eigenvalue weighted by molar-refractivity contribution is 0.0957. The summed E-state index contributed by atoms with van der Waals surface area (Å²) in [5.74, 6) is -0.252. The highest BCUT2D eigenvalue weighted by atomic mass is 35.5. The van der Waals surface area contributed by atoms with E-state index in [1.807, 2.05) is 36.4 Å². The third-order valence-corrected chi connectivity index (χ3v) is 3.34. The van der Waals surface area contributed by atoms with Gasteiger partial charge in [0, 0.05) is 22.1 Å². The fraction of sp³-hybridized carbons (Fsp3) is 0. The molecule has 0 radical (unpaired) electrons. The Morgan fingerprint density at radius 3 is 2.71 bits per heavy atom. The van der Waals surface area contributed by atoms with Gasteiger partial charge in [-0.3, -0.25) is 4.79 Å². The smallest absolute Gasteiger partial charge is 0.273 e. The van der Waals surface area contributed by atoms with Crippen LogP contribution in [-0.2, 0) is 0 Å². The zero-order chi connectivity index (χ0) is 14.7. The number of halogens is 1. The van der Waals surface area contributed by atoms with Crippen molar-refractivity contribution in [2.45, 2.75) is 0 Å². The fourth-order valence-corrected chi connectivity index (χ4v) is 2.16. The summed E-state index contributed by atoms with van der Waals surface area (Å²) in [4.78, 5) is 15.2. The van der Waals surface area contributed by atoms with E-state index in [0.717, 1.165) is 16.5 Å². The van der Waals surface area contributed by atoms with Gasteiger partial charge >= 0.3 is 0 Å². The number of H-pyrrole nitrogens is 1. The van der Waals surface area contributed by atoms with E-state index in [0.29, 0.717) is 10.6 Å². The fourth-order valence-electron chi connectivity index (χ4n) is 2.03. The molecule has 5 heteroatoms. The van der Waals surface area contributed by atoms with Crippen molar-refractivity contribution in [3.8, 4) is 0 Å². The number of aromatic amines is 1. The Labute approximate surface area is 126 Å². The van der Waals surface area contributed by atoms with Gasteiger partial charge in [-0.15, -0.1) is 0 Å². The first-order chi connectivity index (χ1) is 10.2. The molecular weight excluding hydrogens is 286 g/mol. The summed E-state index contributed by atoms with van der Waals surface area (Å²) in [6.07, 6.45) is 3.25. The predicted octanol–water partition coefficient (Wildman–Crippen LogP) is 3.59. The van der Waals surface area contributed by atoms with Gasteiger partial charge in [0.05, 0.1) is 11.8 Å². The maximum atomic E-state index is 12.1. The van der Waals surface area contributed by atoms with E-state index >= 15 is 0 Å². The Bertz CT molecular complexity index is 806. The molecule has 3 rings (SSSR count). The summed E-state index contributed by atoms with van der Waals surface area (Å²) in [5, 5.41) is 5.49. The van der Waals surface area contributed by atoms with Gasteiger partial charge < -0.3 is 4.98 Å². The predicted molar refractivity (Wildman–Crippen MR) is 84.8 cm³/mol. The quantitative estimate of drug-likeness (QED) is 0.563. The minimum absolute atomic E-state index is 0.252. The number of benzene rings is 2. The Hall–Kier alpha value is -2.59. The molecule has 3 aromatic rings. The van der Waals surface area contributed by atoms with E-state index in [1.54, 1.807) is 24.5 Å². The van der Waals surface area contributed by atoms with Crippen LogP contribution in [0.4, 0.5) is 0 Å². The normalized spacial score (nSPS) is 11.1. The number of carbonyl (C=O) groups excluding carboxylic acids is 1. The number of nitrogens with zero attached hydrogens (tertiary/aromatic N) is 1. The average Bonchev–Trinajstić information content (AvgIpc) is 2.93. The van der Waals surface area contributed by atoms with Gasteiger partial charge in [0.15, 0.2) is 0 Å². The van der Waals surface area contributed by atoms with Crippen molar-refractivity contribution in [2.75, 3.05) is 0 Å². The zero-order valence-corrected chi connectivity index (χ0v) is 11.8. The molecule has 104 valence electrons. The monoisotopic (exact) mass is 297 g/mol. The van der Waals surface area contributed by atoms with Gasteiger partial charge in [-0.25, -0.2) is 5.43 Å². The molecule has 0 aliphatic rings. The van der Waals surface area contributed by atoms with E-state index in [2.05, 4.69) is 15.5 Å². The first kappa shape index (κ1) is 13.4. The summed E-state index contributed by atoms with van der Waals surface area (Å²) < 4.78 is 0. The van der Waals surface area contributed by atoms with Crippen LogP contribution in [-0.4, -0.2) is 17.1 Å². The average molecular weight is 298 g/mol. The number of aromatic nitrogens is 1. The second kappa shape index (κ2) is 5.81. The first-order valence-electron chi connectivity index (χ1n) is 6.39. The Kier molecular flexibility index (Phi) is 3.71. The van der Waals surface area contributed by atoms with Crippen LogP contribution in [0.15, 0.2) is 59.8 Å². The van der Waals surface area contributed by atoms with E-state index < -0.39 is 0 Å². The van der Waals surface area contributed by atoms with Gasteiger partial charge in [-0.05, 0) is 23.8 Å². The van der Waals surface area contributed by atoms with Crippen molar-refractivity contribution >= 4 is 34.6 Å². The summed E-state index contributed by atoms with van der Waals surface area (Å²) in [6.45, 7) is 0. The summed E-state index contributed by atoms with van der Waals surface area (Å²) >= 11 is 5.80. The molecule has 0 atom stereocenters. The van der Waals surface area contributed by atoms with Crippen LogP contribution in [0.25, 0.3) is 10.9 Å². The minimum atomic E-state index is -0.252. The number of carbonyl (C=O) groups is 1. The number of para-hydroxylation sites is 1. The molecule has 1 amide bonds. The van der Waals surface area contributed by atoms with Crippen molar-refractivity contribution in [1.82, 2.24) is 10.4 Å². The minimum Gasteiger partial charge on any atom is -0.360 e. The van der Waals surface area contributed by atoms with E-state index in [-0.39, 0.29) is 5.91 Å². The number of hydrogen-bond donors (Lipinski definition) is 2. The van der Waals surface area contributed by atoms with Crippen molar-refractivity contribution in [2.24, 2.45) is 5.10 Å². The molecule has 0 fully saturated rings. The molecular formula is C16H12ClN3O. The van der Waals surface area contributed by atoms with Crippen LogP contribution >= 0.6 is 11.6 Å². The number of fused-ring (bicyclic) bond motifs is 1. The highest BCUT2D eigenvalue weighted by molar-refractivity contribution is 6.30. The van der Waals surface area contributed by atoms with Crippen LogP contribution in [0.3, 0.4) is 0 Å². The molecule has 1 heterocycles. The largest absolute Gasteiger partial charge is 0.360 e. The molecule has 0 saturated carbocycles. The second-order valence-corrected chi connectivity index (χ2v) is 4.94. The molecule has 0 aliphatic carbocycles. The molecule has 1 aromatic heterocycles. The van der Waals surface area contributed by atoms with Crippen LogP contribution < -0.4 is 5.43 Å². The first-order valence-corrected chi connectivity index (χ1v) is 6.77. The summed E-state index contributed by atoms with van der Waals surface area (Å²) in [6, 6.07) is 14.8. The zero-order valence-electron chi connectivity index (χ0n) is 11.0. The molecule has 0 unspecified atom stereocenters. The Morgan fingerprint density at radius 2 is 1.90 bits per heavy atom. The lowest BCUT2D eigenvalue weighted by atomic mass is 10.2. The molecule has 21 heavy (non-hydrogen) atoms. The highest BCUT2D eigenvalue weighted by Gasteiger charge is 2.10. The third kappa shape index (κ3) is 2.95. The van der Waals surface area contributed by atoms with Crippen LogP contribution in [0, 0.1) is 0 Å². The maximum Gasteiger partial charge on any atom is 0.273 e. The molecule has 2 aromatic carbocycles. The van der Waals surface area contributed by atoms with E-state index in [1.165, 1.54) is 0 Å². The Balaban J connectivity index is 1.73. The number of hydrogen-bond acceptors (Lipinski definition) is 2. The molecule has 0 saturated heterocycles. The number of amides is 1. The topological polar surface area (TPSA) is 57.2 Å². The summed E-state index contributed by atoms with van der Waals surface area (Å²) in [7, 11) is 0. The highest BCUT2D eigenvalue weighted by Crippen LogP contribution is 2.17. The van der Waals surface area contributed by atoms with Crippen LogP contribution in [0.2, 0.25) is 5.02 Å². The Morgan fingerprint density at radius 1 is 1.14 bits per heavy atom.